The molecule has 0 fully saturated rings. The Kier molecular flexibility index (Phi) is 4.63. The van der Waals surface area contributed by atoms with E-state index in [4.69, 9.17) is 4.74 Å². The van der Waals surface area contributed by atoms with Gasteiger partial charge < -0.3 is 10.1 Å². The van der Waals surface area contributed by atoms with Gasteiger partial charge in [0.1, 0.15) is 5.75 Å². The quantitative estimate of drug-likeness (QED) is 0.921. The minimum absolute atomic E-state index is 0.00197. The number of ether oxygens (including phenoxy) is 1. The monoisotopic (exact) mass is 283 g/mol. The van der Waals surface area contributed by atoms with Gasteiger partial charge in [-0.2, -0.15) is 0 Å². The Labute approximate surface area is 126 Å². The zero-order valence-electron chi connectivity index (χ0n) is 12.7. The van der Waals surface area contributed by atoms with Gasteiger partial charge in [0.25, 0.3) is 5.91 Å². The van der Waals surface area contributed by atoms with Crippen molar-refractivity contribution in [1.82, 2.24) is 0 Å². The van der Waals surface area contributed by atoms with Crippen molar-refractivity contribution in [2.24, 2.45) is 0 Å². The van der Waals surface area contributed by atoms with E-state index < -0.39 is 0 Å². The van der Waals surface area contributed by atoms with Crippen molar-refractivity contribution < 1.29 is 9.53 Å². The summed E-state index contributed by atoms with van der Waals surface area (Å²) in [6.07, 6.45) is 0. The van der Waals surface area contributed by atoms with E-state index >= 15 is 0 Å². The molecule has 0 heterocycles. The Hall–Kier alpha value is -2.29. The molecule has 0 unspecified atom stereocenters. The Morgan fingerprint density at radius 1 is 1.00 bits per heavy atom. The summed E-state index contributed by atoms with van der Waals surface area (Å²) >= 11 is 0. The maximum atomic E-state index is 11.9. The summed E-state index contributed by atoms with van der Waals surface area (Å²) in [5.74, 6) is 0.595. The number of amides is 1. The molecule has 3 heteroatoms. The van der Waals surface area contributed by atoms with Crippen LogP contribution in [0.5, 0.6) is 5.75 Å². The summed E-state index contributed by atoms with van der Waals surface area (Å²) in [6, 6.07) is 17.2. The lowest BCUT2D eigenvalue weighted by atomic mass is 9.86. The van der Waals surface area contributed by atoms with Crippen molar-refractivity contribution >= 4 is 11.6 Å². The molecule has 0 saturated carbocycles. The van der Waals surface area contributed by atoms with Gasteiger partial charge >= 0.3 is 0 Å². The molecule has 0 spiro atoms. The van der Waals surface area contributed by atoms with Gasteiger partial charge in [-0.05, 0) is 29.2 Å². The zero-order chi connectivity index (χ0) is 15.3. The molecule has 0 aliphatic carbocycles. The third kappa shape index (κ3) is 4.35. The fraction of sp³-hybridized carbons (Fsp3) is 0.278. The summed E-state index contributed by atoms with van der Waals surface area (Å²) < 4.78 is 5.69. The number of para-hydroxylation sites is 2. The van der Waals surface area contributed by atoms with E-state index in [1.807, 2.05) is 54.6 Å². The Morgan fingerprint density at radius 3 is 2.29 bits per heavy atom. The van der Waals surface area contributed by atoms with Crippen molar-refractivity contribution in [2.45, 2.75) is 26.2 Å². The Balaban J connectivity index is 1.99. The van der Waals surface area contributed by atoms with E-state index in [-0.39, 0.29) is 17.9 Å². The van der Waals surface area contributed by atoms with Crippen LogP contribution in [0.2, 0.25) is 0 Å². The summed E-state index contributed by atoms with van der Waals surface area (Å²) in [5, 5.41) is 2.81. The molecule has 1 N–H and O–H groups in total. The second kappa shape index (κ2) is 6.44. The van der Waals surface area contributed by atoms with E-state index in [0.29, 0.717) is 0 Å². The molecule has 110 valence electrons. The molecule has 0 radical (unpaired) electrons. The minimum Gasteiger partial charge on any atom is -0.483 e. The van der Waals surface area contributed by atoms with Crippen molar-refractivity contribution in [3.63, 3.8) is 0 Å². The highest BCUT2D eigenvalue weighted by Crippen LogP contribution is 2.30. The van der Waals surface area contributed by atoms with Gasteiger partial charge in [0.05, 0.1) is 0 Å². The largest absolute Gasteiger partial charge is 0.483 e. The van der Waals surface area contributed by atoms with Crippen LogP contribution >= 0.6 is 0 Å². The minimum atomic E-state index is -0.162. The SMILES string of the molecule is CC(C)(C)c1ccccc1OCC(=O)Nc1ccccc1. The number of nitrogens with one attached hydrogen (secondary N) is 1. The second-order valence-electron chi connectivity index (χ2n) is 5.95. The van der Waals surface area contributed by atoms with E-state index in [1.54, 1.807) is 0 Å². The van der Waals surface area contributed by atoms with Crippen LogP contribution in [-0.4, -0.2) is 12.5 Å². The van der Waals surface area contributed by atoms with Crippen LogP contribution in [0, 0.1) is 0 Å². The van der Waals surface area contributed by atoms with Crippen LogP contribution in [-0.2, 0) is 10.2 Å². The number of hydrogen-bond donors (Lipinski definition) is 1. The molecular formula is C18H21NO2. The van der Waals surface area contributed by atoms with Crippen LogP contribution < -0.4 is 10.1 Å². The third-order valence-electron chi connectivity index (χ3n) is 3.11. The molecule has 0 aromatic heterocycles. The van der Waals surface area contributed by atoms with Crippen LogP contribution in [0.1, 0.15) is 26.3 Å². The Bertz CT molecular complexity index is 600. The predicted molar refractivity (Wildman–Crippen MR) is 85.7 cm³/mol. The smallest absolute Gasteiger partial charge is 0.262 e. The van der Waals surface area contributed by atoms with Gasteiger partial charge in [0, 0.05) is 5.69 Å². The van der Waals surface area contributed by atoms with E-state index in [9.17, 15) is 4.79 Å². The van der Waals surface area contributed by atoms with Crippen LogP contribution in [0.15, 0.2) is 54.6 Å². The topological polar surface area (TPSA) is 38.3 Å². The molecular weight excluding hydrogens is 262 g/mol. The second-order valence-corrected chi connectivity index (χ2v) is 5.95. The van der Waals surface area contributed by atoms with Gasteiger partial charge in [-0.15, -0.1) is 0 Å². The highest BCUT2D eigenvalue weighted by molar-refractivity contribution is 5.91. The van der Waals surface area contributed by atoms with Crippen LogP contribution in [0.4, 0.5) is 5.69 Å². The first-order valence-electron chi connectivity index (χ1n) is 7.04. The molecule has 2 rings (SSSR count). The number of rotatable bonds is 4. The van der Waals surface area contributed by atoms with Crippen molar-refractivity contribution in [3.05, 3.63) is 60.2 Å². The van der Waals surface area contributed by atoms with E-state index in [0.717, 1.165) is 17.0 Å². The first kappa shape index (κ1) is 15.1. The number of anilines is 1. The maximum Gasteiger partial charge on any atom is 0.262 e. The van der Waals surface area contributed by atoms with E-state index in [1.165, 1.54) is 0 Å². The molecule has 21 heavy (non-hydrogen) atoms. The summed E-state index contributed by atoms with van der Waals surface area (Å²) in [4.78, 5) is 11.9. The molecule has 1 amide bonds. The Morgan fingerprint density at radius 2 is 1.62 bits per heavy atom. The molecule has 0 saturated heterocycles. The standard InChI is InChI=1S/C18H21NO2/c1-18(2,3)15-11-7-8-12-16(15)21-13-17(20)19-14-9-5-4-6-10-14/h4-12H,13H2,1-3H3,(H,19,20). The summed E-state index contributed by atoms with van der Waals surface area (Å²) in [7, 11) is 0. The third-order valence-corrected chi connectivity index (χ3v) is 3.11. The fourth-order valence-electron chi connectivity index (χ4n) is 2.07. The number of carbonyl (C=O) groups is 1. The highest BCUT2D eigenvalue weighted by Gasteiger charge is 2.18. The summed E-state index contributed by atoms with van der Waals surface area (Å²) in [6.45, 7) is 6.37. The van der Waals surface area contributed by atoms with Gasteiger partial charge in [0.15, 0.2) is 6.61 Å². The molecule has 2 aromatic rings. The summed E-state index contributed by atoms with van der Waals surface area (Å²) in [5.41, 5.74) is 1.85. The van der Waals surface area contributed by atoms with Crippen molar-refractivity contribution in [1.29, 1.82) is 0 Å². The molecule has 0 aliphatic heterocycles. The molecule has 0 atom stereocenters. The molecule has 3 nitrogen and oxygen atoms in total. The zero-order valence-corrected chi connectivity index (χ0v) is 12.7. The van der Waals surface area contributed by atoms with Crippen LogP contribution in [0.3, 0.4) is 0 Å². The first-order chi connectivity index (χ1) is 9.97. The fourth-order valence-corrected chi connectivity index (χ4v) is 2.07. The van der Waals surface area contributed by atoms with Gasteiger partial charge in [-0.3, -0.25) is 4.79 Å². The highest BCUT2D eigenvalue weighted by atomic mass is 16.5. The van der Waals surface area contributed by atoms with Crippen molar-refractivity contribution in [3.8, 4) is 5.75 Å². The maximum absolute atomic E-state index is 11.9. The van der Waals surface area contributed by atoms with Crippen LogP contribution in [0.25, 0.3) is 0 Å². The number of carbonyl (C=O) groups excluding carboxylic acids is 1. The lowest BCUT2D eigenvalue weighted by Gasteiger charge is -2.22. The van der Waals surface area contributed by atoms with E-state index in [2.05, 4.69) is 26.1 Å². The number of hydrogen-bond acceptors (Lipinski definition) is 2. The molecule has 0 aliphatic rings. The predicted octanol–water partition coefficient (Wildman–Crippen LogP) is 4.00. The normalized spacial score (nSPS) is 11.0. The number of benzene rings is 2. The molecule has 2 aromatic carbocycles. The lowest BCUT2D eigenvalue weighted by molar-refractivity contribution is -0.118. The first-order valence-corrected chi connectivity index (χ1v) is 7.04. The van der Waals surface area contributed by atoms with Gasteiger partial charge in [-0.25, -0.2) is 0 Å². The van der Waals surface area contributed by atoms with Gasteiger partial charge in [-0.1, -0.05) is 57.2 Å². The van der Waals surface area contributed by atoms with Crippen molar-refractivity contribution in [2.75, 3.05) is 11.9 Å². The average Bonchev–Trinajstić information content (AvgIpc) is 2.45. The molecule has 0 bridgehead atoms. The van der Waals surface area contributed by atoms with Gasteiger partial charge in [0.2, 0.25) is 0 Å². The average molecular weight is 283 g/mol. The lowest BCUT2D eigenvalue weighted by Crippen LogP contribution is -2.21.